The Hall–Kier alpha value is -4.56. The summed E-state index contributed by atoms with van der Waals surface area (Å²) in [7, 11) is 0. The Morgan fingerprint density at radius 1 is 1.11 bits per heavy atom. The molecule has 47 heavy (non-hydrogen) atoms. The lowest BCUT2D eigenvalue weighted by Gasteiger charge is -2.36. The van der Waals surface area contributed by atoms with E-state index < -0.39 is 36.6 Å². The van der Waals surface area contributed by atoms with Crippen molar-refractivity contribution in [3.05, 3.63) is 54.2 Å². The Morgan fingerprint density at radius 2 is 1.85 bits per heavy atom. The van der Waals surface area contributed by atoms with Crippen LogP contribution in [-0.4, -0.2) is 73.3 Å². The van der Waals surface area contributed by atoms with Crippen molar-refractivity contribution in [3.8, 4) is 11.5 Å². The highest BCUT2D eigenvalue weighted by Crippen LogP contribution is 2.35. The molecule has 0 saturated carbocycles. The predicted molar refractivity (Wildman–Crippen MR) is 167 cm³/mol. The number of nitrogens with zero attached hydrogens (tertiary/aromatic N) is 5. The van der Waals surface area contributed by atoms with Gasteiger partial charge in [-0.15, -0.1) is 0 Å². The summed E-state index contributed by atoms with van der Waals surface area (Å²) < 4.78 is 70.2. The summed E-state index contributed by atoms with van der Waals surface area (Å²) in [5, 5.41) is 10.1. The maximum atomic E-state index is 15.1. The van der Waals surface area contributed by atoms with E-state index in [4.69, 9.17) is 9.26 Å². The van der Waals surface area contributed by atoms with E-state index in [1.165, 1.54) is 17.0 Å². The molecule has 0 unspecified atom stereocenters. The van der Waals surface area contributed by atoms with E-state index in [1.807, 2.05) is 25.3 Å². The van der Waals surface area contributed by atoms with Crippen molar-refractivity contribution in [2.75, 3.05) is 18.4 Å². The van der Waals surface area contributed by atoms with Crippen molar-refractivity contribution < 1.29 is 36.4 Å². The number of fused-ring (bicyclic) bond motifs is 1. The van der Waals surface area contributed by atoms with Gasteiger partial charge in [0.15, 0.2) is 0 Å². The van der Waals surface area contributed by atoms with Gasteiger partial charge in [0.05, 0.1) is 29.4 Å². The lowest BCUT2D eigenvalue weighted by atomic mass is 10.0. The number of benzene rings is 1. The quantitative estimate of drug-likeness (QED) is 0.217. The minimum atomic E-state index is -4.59. The van der Waals surface area contributed by atoms with Crippen LogP contribution in [0.15, 0.2) is 47.2 Å². The average Bonchev–Trinajstić information content (AvgIpc) is 3.71. The fourth-order valence-electron chi connectivity index (χ4n) is 5.33. The second-order valence-corrected chi connectivity index (χ2v) is 13.6. The monoisotopic (exact) mass is 661 g/mol. The maximum absolute atomic E-state index is 15.1. The van der Waals surface area contributed by atoms with Gasteiger partial charge >= 0.3 is 12.3 Å². The van der Waals surface area contributed by atoms with Gasteiger partial charge < -0.3 is 33.9 Å². The number of halogens is 4. The smallest absolute Gasteiger partial charge is 0.410 e. The first kappa shape index (κ1) is 33.8. The van der Waals surface area contributed by atoms with E-state index in [9.17, 15) is 22.8 Å². The average molecular weight is 662 g/mol. The van der Waals surface area contributed by atoms with Crippen molar-refractivity contribution in [1.82, 2.24) is 29.5 Å². The zero-order chi connectivity index (χ0) is 34.3. The van der Waals surface area contributed by atoms with Crippen LogP contribution in [0.25, 0.3) is 22.4 Å². The van der Waals surface area contributed by atoms with E-state index >= 15 is 4.39 Å². The van der Waals surface area contributed by atoms with Crippen LogP contribution in [0.4, 0.5) is 28.0 Å². The van der Waals surface area contributed by atoms with Crippen LogP contribution in [0.1, 0.15) is 64.2 Å². The maximum Gasteiger partial charge on any atom is 0.410 e. The standard InChI is InChI=1S/C32H39F4N7O4/c1-30(2,3)42-13-10-19(16-42)28(44)37-15-26-39-27(40-47-26)25-14-20-22(8-7-9-24(20)43(25)18-32(34,35)36)38-23-17-41(12-11-21(23)33)29(45)46-31(4,5)6/h7-10,13-14,16,21,23,38H,11-12,15,17-18H2,1-6H3,(H,37,44)/t21-,23+/m0/s1. The molecular weight excluding hydrogens is 622 g/mol. The van der Waals surface area contributed by atoms with Crippen LogP contribution in [0.5, 0.6) is 0 Å². The molecule has 3 aromatic heterocycles. The van der Waals surface area contributed by atoms with Crippen molar-refractivity contribution in [2.24, 2.45) is 0 Å². The third-order valence-electron chi connectivity index (χ3n) is 7.63. The number of carbonyl (C=O) groups is 2. The molecule has 1 aliphatic rings. The second kappa shape index (κ2) is 12.6. The van der Waals surface area contributed by atoms with Gasteiger partial charge in [0, 0.05) is 42.1 Å². The normalized spacial score (nSPS) is 17.6. The highest BCUT2D eigenvalue weighted by molar-refractivity contribution is 5.96. The number of alkyl halides is 4. The molecular formula is C32H39F4N7O4. The SMILES string of the molecule is CC(C)(C)OC(=O)N1CC[C@H](F)[C@H](Nc2cccc3c2cc(-c2noc(CNC(=O)c4ccn(C(C)(C)C)c4)n2)n3CC(F)(F)F)C1. The van der Waals surface area contributed by atoms with Crippen LogP contribution in [0.3, 0.4) is 0 Å². The molecule has 5 rings (SSSR count). The number of hydrogen-bond acceptors (Lipinski definition) is 7. The highest BCUT2D eigenvalue weighted by atomic mass is 19.4. The molecule has 15 heteroatoms. The molecule has 254 valence electrons. The summed E-state index contributed by atoms with van der Waals surface area (Å²) in [6, 6.07) is 7.03. The van der Waals surface area contributed by atoms with E-state index in [0.717, 1.165) is 4.57 Å². The molecule has 0 spiro atoms. The van der Waals surface area contributed by atoms with Gasteiger partial charge in [0.2, 0.25) is 11.7 Å². The minimum Gasteiger partial charge on any atom is -0.444 e. The summed E-state index contributed by atoms with van der Waals surface area (Å²) in [5.74, 6) is -0.499. The first-order valence-corrected chi connectivity index (χ1v) is 15.2. The number of anilines is 1. The molecule has 1 fully saturated rings. The number of piperidine rings is 1. The molecule has 4 aromatic rings. The van der Waals surface area contributed by atoms with Crippen LogP contribution in [-0.2, 0) is 23.4 Å². The van der Waals surface area contributed by atoms with Gasteiger partial charge in [-0.05, 0) is 72.2 Å². The molecule has 2 N–H and O–H groups in total. The summed E-state index contributed by atoms with van der Waals surface area (Å²) in [6.07, 6.45) is -2.90. The molecule has 0 aliphatic carbocycles. The van der Waals surface area contributed by atoms with Crippen molar-refractivity contribution >= 4 is 28.6 Å². The van der Waals surface area contributed by atoms with Crippen LogP contribution in [0, 0.1) is 0 Å². The van der Waals surface area contributed by atoms with Crippen LogP contribution < -0.4 is 10.6 Å². The number of aromatic nitrogens is 4. The number of ether oxygens (including phenoxy) is 1. The number of amides is 2. The fraction of sp³-hybridized carbons (Fsp3) is 0.500. The van der Waals surface area contributed by atoms with Gasteiger partial charge in [0.25, 0.3) is 5.91 Å². The molecule has 0 bridgehead atoms. The largest absolute Gasteiger partial charge is 0.444 e. The highest BCUT2D eigenvalue weighted by Gasteiger charge is 2.35. The summed E-state index contributed by atoms with van der Waals surface area (Å²) in [6.45, 7) is 9.90. The number of nitrogens with one attached hydrogen (secondary N) is 2. The van der Waals surface area contributed by atoms with Crippen molar-refractivity contribution in [3.63, 3.8) is 0 Å². The van der Waals surface area contributed by atoms with Gasteiger partial charge in [0.1, 0.15) is 18.3 Å². The summed E-state index contributed by atoms with van der Waals surface area (Å²) >= 11 is 0. The molecule has 1 saturated heterocycles. The molecule has 2 atom stereocenters. The molecule has 11 nitrogen and oxygen atoms in total. The van der Waals surface area contributed by atoms with E-state index in [1.54, 1.807) is 51.4 Å². The zero-order valence-corrected chi connectivity index (χ0v) is 27.1. The van der Waals surface area contributed by atoms with E-state index in [0.29, 0.717) is 16.6 Å². The first-order chi connectivity index (χ1) is 21.9. The Balaban J connectivity index is 1.39. The number of rotatable bonds is 7. The van der Waals surface area contributed by atoms with Gasteiger partial charge in [-0.25, -0.2) is 9.18 Å². The zero-order valence-electron chi connectivity index (χ0n) is 27.1. The molecule has 1 aromatic carbocycles. The Bertz CT molecular complexity index is 1750. The Morgan fingerprint density at radius 3 is 2.51 bits per heavy atom. The third kappa shape index (κ3) is 8.06. The minimum absolute atomic E-state index is 0.00341. The van der Waals surface area contributed by atoms with E-state index in [-0.39, 0.29) is 60.4 Å². The Labute approximate surface area is 269 Å². The number of carbonyl (C=O) groups excluding carboxylic acids is 2. The molecule has 0 radical (unpaired) electrons. The molecule has 1 aliphatic heterocycles. The fourth-order valence-corrected chi connectivity index (χ4v) is 5.33. The lowest BCUT2D eigenvalue weighted by molar-refractivity contribution is -0.139. The third-order valence-corrected chi connectivity index (χ3v) is 7.63. The van der Waals surface area contributed by atoms with Crippen molar-refractivity contribution in [1.29, 1.82) is 0 Å². The Kier molecular flexibility index (Phi) is 9.03. The molecule has 4 heterocycles. The summed E-state index contributed by atoms with van der Waals surface area (Å²) in [4.78, 5) is 31.0. The summed E-state index contributed by atoms with van der Waals surface area (Å²) in [5.41, 5.74) is 0.0881. The second-order valence-electron chi connectivity index (χ2n) is 13.6. The number of likely N-dealkylation sites (tertiary alicyclic amines) is 1. The lowest BCUT2D eigenvalue weighted by Crippen LogP contribution is -2.51. The van der Waals surface area contributed by atoms with Crippen LogP contribution >= 0.6 is 0 Å². The van der Waals surface area contributed by atoms with Gasteiger partial charge in [-0.1, -0.05) is 11.2 Å². The predicted octanol–water partition coefficient (Wildman–Crippen LogP) is 6.50. The molecule has 2 amide bonds. The first-order valence-electron chi connectivity index (χ1n) is 15.2. The van der Waals surface area contributed by atoms with Gasteiger partial charge in [-0.2, -0.15) is 18.2 Å². The van der Waals surface area contributed by atoms with Gasteiger partial charge in [-0.3, -0.25) is 4.79 Å². The van der Waals surface area contributed by atoms with Crippen LogP contribution in [0.2, 0.25) is 0 Å². The van der Waals surface area contributed by atoms with Crippen molar-refractivity contribution in [2.45, 2.75) is 90.6 Å². The van der Waals surface area contributed by atoms with E-state index in [2.05, 4.69) is 20.8 Å². The topological polar surface area (TPSA) is 119 Å². The number of hydrogen-bond donors (Lipinski definition) is 2.